The van der Waals surface area contributed by atoms with E-state index in [4.69, 9.17) is 24.7 Å². The molecule has 3 aromatic carbocycles. The lowest BCUT2D eigenvalue weighted by atomic mass is 9.95. The van der Waals surface area contributed by atoms with Crippen molar-refractivity contribution in [1.82, 2.24) is 31.6 Å². The van der Waals surface area contributed by atoms with Gasteiger partial charge in [-0.1, -0.05) is 67.1 Å². The molecule has 0 fully saturated rings. The van der Waals surface area contributed by atoms with E-state index in [-0.39, 0.29) is 88.3 Å². The van der Waals surface area contributed by atoms with Crippen molar-refractivity contribution in [3.8, 4) is 22.5 Å². The fourth-order valence-electron chi connectivity index (χ4n) is 7.74. The molecule has 1 aliphatic rings. The summed E-state index contributed by atoms with van der Waals surface area (Å²) in [5, 5.41) is 21.5. The molecule has 20 nitrogen and oxygen atoms in total. The Bertz CT molecular complexity index is 2370. The smallest absolute Gasteiger partial charge is 0.312 e. The van der Waals surface area contributed by atoms with Crippen LogP contribution in [0.25, 0.3) is 22.5 Å². The fourth-order valence-corrected chi connectivity index (χ4v) is 7.74. The van der Waals surface area contributed by atoms with Gasteiger partial charge in [0.2, 0.25) is 35.2 Å². The van der Waals surface area contributed by atoms with Gasteiger partial charge in [-0.05, 0) is 75.4 Å². The second kappa shape index (κ2) is 28.8. The second-order valence-corrected chi connectivity index (χ2v) is 17.7. The van der Waals surface area contributed by atoms with E-state index in [0.717, 1.165) is 39.3 Å². The molecule has 0 aliphatic carbocycles. The maximum Gasteiger partial charge on any atom is 0.312 e. The molecular formula is C51H71N10O10+. The van der Waals surface area contributed by atoms with Crippen molar-refractivity contribution in [3.63, 3.8) is 0 Å². The number of ether oxygens (including phenoxy) is 4. The number of aromatic amines is 1. The van der Waals surface area contributed by atoms with Crippen molar-refractivity contribution < 1.29 is 52.4 Å². The first-order valence-electron chi connectivity index (χ1n) is 24.3. The van der Waals surface area contributed by atoms with Crippen LogP contribution in [0.3, 0.4) is 0 Å². The van der Waals surface area contributed by atoms with Crippen molar-refractivity contribution in [2.45, 2.75) is 91.4 Å². The number of carbonyl (C=O) groups is 6. The number of primary amides is 1. The van der Waals surface area contributed by atoms with Gasteiger partial charge in [-0.2, -0.15) is 4.68 Å². The quantitative estimate of drug-likeness (QED) is 0.0304. The number of nitrogens with zero attached hydrogens (tertiary/aromatic N) is 3. The molecule has 5 rings (SSSR count). The second-order valence-electron chi connectivity index (χ2n) is 17.7. The van der Waals surface area contributed by atoms with Crippen LogP contribution in [0.2, 0.25) is 0 Å². The van der Waals surface area contributed by atoms with Crippen molar-refractivity contribution in [2.75, 3.05) is 76.2 Å². The van der Waals surface area contributed by atoms with Crippen LogP contribution in [0, 0.1) is 12.8 Å². The van der Waals surface area contributed by atoms with Gasteiger partial charge in [-0.15, -0.1) is 0 Å². The highest BCUT2D eigenvalue weighted by Gasteiger charge is 2.34. The molecule has 7 amide bonds. The van der Waals surface area contributed by atoms with Crippen LogP contribution in [-0.2, 0) is 49.5 Å². The van der Waals surface area contributed by atoms with Gasteiger partial charge in [0.15, 0.2) is 0 Å². The zero-order valence-corrected chi connectivity index (χ0v) is 41.6. The van der Waals surface area contributed by atoms with Crippen LogP contribution in [0.4, 0.5) is 16.2 Å². The lowest BCUT2D eigenvalue weighted by Gasteiger charge is -2.27. The number of carbonyl (C=O) groups excluding carboxylic acids is 6. The number of benzene rings is 3. The molecule has 0 bridgehead atoms. The van der Waals surface area contributed by atoms with Crippen molar-refractivity contribution in [1.29, 1.82) is 0 Å². The molecule has 0 saturated heterocycles. The normalized spacial score (nSPS) is 12.7. The Labute approximate surface area is 415 Å². The van der Waals surface area contributed by atoms with Gasteiger partial charge in [0.25, 0.3) is 5.69 Å². The van der Waals surface area contributed by atoms with Gasteiger partial charge < -0.3 is 56.2 Å². The first-order chi connectivity index (χ1) is 34.2. The summed E-state index contributed by atoms with van der Waals surface area (Å²) in [6.07, 6.45) is 0.674. The third kappa shape index (κ3) is 17.6. The highest BCUT2D eigenvalue weighted by atomic mass is 16.6. The molecule has 8 N–H and O–H groups in total. The molecule has 0 unspecified atom stereocenters. The van der Waals surface area contributed by atoms with E-state index in [0.29, 0.717) is 51.6 Å². The maximum absolute atomic E-state index is 13.8. The topological polar surface area (TPSA) is 261 Å². The number of amides is 7. The van der Waals surface area contributed by atoms with E-state index in [1.807, 2.05) is 72.3 Å². The van der Waals surface area contributed by atoms with Crippen molar-refractivity contribution in [3.05, 3.63) is 83.9 Å². The number of rotatable bonds is 29. The number of fused-ring (bicyclic) bond motifs is 5. The van der Waals surface area contributed by atoms with E-state index in [2.05, 4.69) is 50.7 Å². The van der Waals surface area contributed by atoms with Crippen molar-refractivity contribution >= 4 is 46.9 Å². The molecule has 1 aromatic heterocycles. The Hall–Kier alpha value is -6.74. The van der Waals surface area contributed by atoms with Crippen molar-refractivity contribution in [2.24, 2.45) is 11.7 Å². The van der Waals surface area contributed by atoms with E-state index < -0.39 is 29.9 Å². The van der Waals surface area contributed by atoms with Crippen LogP contribution in [0.5, 0.6) is 0 Å². The summed E-state index contributed by atoms with van der Waals surface area (Å²) in [6, 6.07) is 20.6. The summed E-state index contributed by atoms with van der Waals surface area (Å²) in [5.74, 6) is -2.01. The molecule has 2 heterocycles. The summed E-state index contributed by atoms with van der Waals surface area (Å²) < 4.78 is 24.3. The fraction of sp³-hybridized carbons (Fsp3) is 0.490. The molecule has 4 aromatic rings. The van der Waals surface area contributed by atoms with Crippen LogP contribution < -0.4 is 41.9 Å². The van der Waals surface area contributed by atoms with Crippen LogP contribution >= 0.6 is 0 Å². The Morgan fingerprint density at radius 3 is 2.00 bits per heavy atom. The Balaban J connectivity index is 0.901. The maximum atomic E-state index is 13.8. The number of para-hydroxylation sites is 1. The highest BCUT2D eigenvalue weighted by Crippen LogP contribution is 2.40. The molecule has 2 atom stereocenters. The van der Waals surface area contributed by atoms with E-state index in [1.165, 1.54) is 0 Å². The summed E-state index contributed by atoms with van der Waals surface area (Å²) in [6.45, 7) is 12.8. The van der Waals surface area contributed by atoms with Gasteiger partial charge in [-0.3, -0.25) is 24.0 Å². The van der Waals surface area contributed by atoms with E-state index >= 15 is 0 Å². The number of aromatic nitrogens is 3. The third-order valence-electron chi connectivity index (χ3n) is 11.5. The van der Waals surface area contributed by atoms with Gasteiger partial charge in [0.05, 0.1) is 70.7 Å². The number of urea groups is 1. The Morgan fingerprint density at radius 2 is 1.34 bits per heavy atom. The number of H-pyrrole nitrogens is 1. The third-order valence-corrected chi connectivity index (χ3v) is 11.5. The summed E-state index contributed by atoms with van der Waals surface area (Å²) >= 11 is 0. The van der Waals surface area contributed by atoms with Gasteiger partial charge >= 0.3 is 6.03 Å². The molecule has 0 saturated carbocycles. The zero-order valence-electron chi connectivity index (χ0n) is 41.6. The zero-order chi connectivity index (χ0) is 51.1. The molecule has 1 aliphatic heterocycles. The summed E-state index contributed by atoms with van der Waals surface area (Å²) in [5.41, 5.74) is 12.0. The molecular weight excluding hydrogens is 913 g/mol. The number of anilines is 2. The number of nitrogens with two attached hydrogens (primary N) is 1. The number of hydrogen-bond donors (Lipinski definition) is 7. The minimum atomic E-state index is -0.935. The average molecular weight is 984 g/mol. The minimum absolute atomic E-state index is 0.0103. The van der Waals surface area contributed by atoms with Crippen LogP contribution in [0.1, 0.15) is 77.0 Å². The summed E-state index contributed by atoms with van der Waals surface area (Å²) in [4.78, 5) is 78.9. The standard InChI is InChI=1S/C51H70N10O10/c1-34(2)46(50(66)56-41(14-10-23-54-51(52)67)49(65)55-38-18-16-36(5)17-19-38)57-44(63)22-25-68-27-29-70-31-32-71-30-28-69-26-24-53-43(62)20-21-45(64)60-33-37-11-6-7-12-39(37)47-48(61(35(3)4)59-58-47)40-13-8-9-15-42(40)60/h6-9,11-13,15-19,34-35,41,46H,10,14,20-33H2,1-5H3,(H7,52,53,54,55,56,57,62,63,65,66,67)/p+1/t41-,46-/m0/s1. The Morgan fingerprint density at radius 1 is 0.704 bits per heavy atom. The van der Waals surface area contributed by atoms with Gasteiger partial charge in [0, 0.05) is 48.7 Å². The molecule has 71 heavy (non-hydrogen) atoms. The lowest BCUT2D eigenvalue weighted by Crippen LogP contribution is -2.54. The van der Waals surface area contributed by atoms with Crippen LogP contribution in [-0.4, -0.2) is 124 Å². The number of nitrogens with one attached hydrogen (secondary N) is 6. The number of aryl methyl sites for hydroxylation is 1. The predicted octanol–water partition coefficient (Wildman–Crippen LogP) is 3.83. The molecule has 0 spiro atoms. The lowest BCUT2D eigenvalue weighted by molar-refractivity contribution is -0.761. The monoisotopic (exact) mass is 984 g/mol. The summed E-state index contributed by atoms with van der Waals surface area (Å²) in [7, 11) is 0. The molecule has 20 heteroatoms. The predicted molar refractivity (Wildman–Crippen MR) is 267 cm³/mol. The van der Waals surface area contributed by atoms with E-state index in [9.17, 15) is 28.8 Å². The minimum Gasteiger partial charge on any atom is -0.379 e. The van der Waals surface area contributed by atoms with Gasteiger partial charge in [0.1, 0.15) is 18.1 Å². The highest BCUT2D eigenvalue weighted by molar-refractivity contribution is 6.01. The largest absolute Gasteiger partial charge is 0.379 e. The average Bonchev–Trinajstić information content (AvgIpc) is 3.79. The first-order valence-corrected chi connectivity index (χ1v) is 24.3. The first kappa shape index (κ1) is 55.2. The van der Waals surface area contributed by atoms with E-state index in [1.54, 1.807) is 30.9 Å². The van der Waals surface area contributed by atoms with Gasteiger partial charge in [-0.25, -0.2) is 4.79 Å². The Kier molecular flexibility index (Phi) is 22.4. The molecule has 0 radical (unpaired) electrons. The molecule has 384 valence electrons. The van der Waals surface area contributed by atoms with Crippen LogP contribution in [0.15, 0.2) is 72.8 Å². The SMILES string of the molecule is Cc1ccc(NC(=O)[C@H](CCCNC(N)=O)NC(=O)[C@@H](NC(=O)CCOCCOCCOCCOCCNC(=O)CCC(=O)N2Cc3ccccc3-c3n[nH][n+](C(C)C)c3-c3ccccc32)C(C)C)cc1. The number of hydrogen-bond acceptors (Lipinski definition) is 11.